The lowest BCUT2D eigenvalue weighted by Crippen LogP contribution is -2.23. The number of carboxylic acid groups (broad SMARTS) is 1. The number of amides is 1. The van der Waals surface area contributed by atoms with Crippen LogP contribution in [0.4, 0.5) is 0 Å². The maximum absolute atomic E-state index is 12.2. The molecule has 0 fully saturated rings. The van der Waals surface area contributed by atoms with E-state index >= 15 is 0 Å². The molecule has 0 radical (unpaired) electrons. The summed E-state index contributed by atoms with van der Waals surface area (Å²) in [5, 5.41) is 21.9. The van der Waals surface area contributed by atoms with Crippen LogP contribution in [0.5, 0.6) is 5.75 Å². The molecular weight excluding hydrogens is 360 g/mol. The zero-order chi connectivity index (χ0) is 18.8. The average molecular weight is 373 g/mol. The Morgan fingerprint density at radius 1 is 1.15 bits per heavy atom. The average Bonchev–Trinajstić information content (AvgIpc) is 2.59. The lowest BCUT2D eigenvalue weighted by molar-refractivity contribution is 0.0695. The molecule has 1 heterocycles. The van der Waals surface area contributed by atoms with Gasteiger partial charge in [-0.15, -0.1) is 0 Å². The predicted octanol–water partition coefficient (Wildman–Crippen LogP) is 2.52. The fourth-order valence-corrected chi connectivity index (χ4v) is 2.83. The first-order chi connectivity index (χ1) is 12.3. The third-order valence-electron chi connectivity index (χ3n) is 3.78. The Hall–Kier alpha value is -3.32. The van der Waals surface area contributed by atoms with Gasteiger partial charge in [0, 0.05) is 22.5 Å². The molecule has 26 heavy (non-hydrogen) atoms. The summed E-state index contributed by atoms with van der Waals surface area (Å²) < 4.78 is 0. The van der Waals surface area contributed by atoms with Gasteiger partial charge >= 0.3 is 5.97 Å². The molecule has 3 rings (SSSR count). The van der Waals surface area contributed by atoms with E-state index in [0.717, 1.165) is 0 Å². The molecule has 0 bridgehead atoms. The van der Waals surface area contributed by atoms with Crippen LogP contribution in [0.15, 0.2) is 47.3 Å². The van der Waals surface area contributed by atoms with Crippen LogP contribution in [0.1, 0.15) is 26.3 Å². The molecule has 0 aliphatic carbocycles. The summed E-state index contributed by atoms with van der Waals surface area (Å²) in [6, 6.07) is 10.2. The third-order valence-corrected chi connectivity index (χ3v) is 3.99. The van der Waals surface area contributed by atoms with E-state index in [1.165, 1.54) is 24.3 Å². The fraction of sp³-hybridized carbons (Fsp3) is 0.0556. The lowest BCUT2D eigenvalue weighted by atomic mass is 10.1. The highest BCUT2D eigenvalue weighted by atomic mass is 35.5. The fourth-order valence-electron chi connectivity index (χ4n) is 2.58. The summed E-state index contributed by atoms with van der Waals surface area (Å²) in [6.07, 6.45) is 0. The van der Waals surface area contributed by atoms with Gasteiger partial charge in [0.1, 0.15) is 11.3 Å². The third kappa shape index (κ3) is 3.52. The number of halogens is 1. The highest BCUT2D eigenvalue weighted by Crippen LogP contribution is 2.22. The van der Waals surface area contributed by atoms with Gasteiger partial charge in [-0.2, -0.15) is 0 Å². The van der Waals surface area contributed by atoms with Crippen molar-refractivity contribution in [3.63, 3.8) is 0 Å². The Labute approximate surface area is 151 Å². The molecule has 0 aliphatic rings. The lowest BCUT2D eigenvalue weighted by Gasteiger charge is -2.10. The molecule has 2 aromatic carbocycles. The number of aromatic carboxylic acids is 1. The van der Waals surface area contributed by atoms with E-state index in [4.69, 9.17) is 16.7 Å². The van der Waals surface area contributed by atoms with E-state index in [0.29, 0.717) is 21.5 Å². The van der Waals surface area contributed by atoms with E-state index < -0.39 is 23.0 Å². The summed E-state index contributed by atoms with van der Waals surface area (Å²) in [4.78, 5) is 37.7. The molecule has 132 valence electrons. The summed E-state index contributed by atoms with van der Waals surface area (Å²) in [7, 11) is 0. The monoisotopic (exact) mass is 372 g/mol. The van der Waals surface area contributed by atoms with Gasteiger partial charge < -0.3 is 20.5 Å². The van der Waals surface area contributed by atoms with Crippen LogP contribution in [0.3, 0.4) is 0 Å². The number of aromatic nitrogens is 1. The van der Waals surface area contributed by atoms with Crippen molar-refractivity contribution in [1.29, 1.82) is 0 Å². The second-order valence-electron chi connectivity index (χ2n) is 5.58. The van der Waals surface area contributed by atoms with Crippen molar-refractivity contribution < 1.29 is 19.8 Å². The normalized spacial score (nSPS) is 10.7. The number of nitrogens with one attached hydrogen (secondary N) is 2. The Bertz CT molecular complexity index is 1090. The number of H-pyrrole nitrogens is 1. The van der Waals surface area contributed by atoms with Gasteiger partial charge in [-0.3, -0.25) is 9.59 Å². The minimum atomic E-state index is -1.34. The number of hydrogen-bond acceptors (Lipinski definition) is 4. The zero-order valence-corrected chi connectivity index (χ0v) is 14.0. The van der Waals surface area contributed by atoms with Gasteiger partial charge in [0.05, 0.1) is 5.52 Å². The Kier molecular flexibility index (Phi) is 4.64. The van der Waals surface area contributed by atoms with Crippen LogP contribution < -0.4 is 10.9 Å². The number of carbonyl (C=O) groups excluding carboxylic acids is 1. The Morgan fingerprint density at radius 2 is 1.92 bits per heavy atom. The predicted molar refractivity (Wildman–Crippen MR) is 95.8 cm³/mol. The van der Waals surface area contributed by atoms with E-state index in [-0.39, 0.29) is 17.9 Å². The highest BCUT2D eigenvalue weighted by molar-refractivity contribution is 6.31. The largest absolute Gasteiger partial charge is 0.508 e. The summed E-state index contributed by atoms with van der Waals surface area (Å²) in [5.74, 6) is -1.79. The number of phenolic OH excluding ortho intramolecular Hbond substituents is 1. The molecule has 0 aliphatic heterocycles. The number of aromatic hydroxyl groups is 1. The number of fused-ring (bicyclic) bond motifs is 1. The molecule has 1 amide bonds. The number of phenols is 1. The Morgan fingerprint density at radius 3 is 2.62 bits per heavy atom. The Balaban J connectivity index is 1.95. The molecule has 0 spiro atoms. The van der Waals surface area contributed by atoms with Crippen molar-refractivity contribution in [2.45, 2.75) is 6.54 Å². The molecule has 0 atom stereocenters. The first kappa shape index (κ1) is 17.5. The van der Waals surface area contributed by atoms with Gasteiger partial charge in [0.25, 0.3) is 11.5 Å². The summed E-state index contributed by atoms with van der Waals surface area (Å²) in [5.41, 5.74) is 0.0519. The SMILES string of the molecule is O=C(NCc1cc(Cl)cc2cc(C(=O)O)c(=O)[nH]c12)c1cccc(O)c1. The summed E-state index contributed by atoms with van der Waals surface area (Å²) in [6.45, 7) is 0.0495. The molecule has 4 N–H and O–H groups in total. The molecule has 0 saturated carbocycles. The molecule has 0 unspecified atom stereocenters. The van der Waals surface area contributed by atoms with Crippen molar-refractivity contribution in [2.24, 2.45) is 0 Å². The van der Waals surface area contributed by atoms with Crippen molar-refractivity contribution >= 4 is 34.4 Å². The molecule has 7 nitrogen and oxygen atoms in total. The molecule has 8 heteroatoms. The number of rotatable bonds is 4. The van der Waals surface area contributed by atoms with Crippen molar-refractivity contribution in [1.82, 2.24) is 10.3 Å². The van der Waals surface area contributed by atoms with E-state index in [1.54, 1.807) is 18.2 Å². The second-order valence-corrected chi connectivity index (χ2v) is 6.02. The van der Waals surface area contributed by atoms with Gasteiger partial charge in [0.2, 0.25) is 0 Å². The van der Waals surface area contributed by atoms with Crippen LogP contribution in [0.25, 0.3) is 10.9 Å². The van der Waals surface area contributed by atoms with Crippen LogP contribution in [-0.2, 0) is 6.54 Å². The van der Waals surface area contributed by atoms with Crippen LogP contribution in [-0.4, -0.2) is 27.1 Å². The minimum absolute atomic E-state index is 0.0311. The zero-order valence-electron chi connectivity index (χ0n) is 13.2. The van der Waals surface area contributed by atoms with Crippen molar-refractivity contribution in [3.05, 3.63) is 74.5 Å². The second kappa shape index (κ2) is 6.89. The molecule has 3 aromatic rings. The van der Waals surface area contributed by atoms with Crippen molar-refractivity contribution in [3.8, 4) is 5.75 Å². The topological polar surface area (TPSA) is 119 Å². The number of benzene rings is 2. The van der Waals surface area contributed by atoms with Crippen LogP contribution in [0.2, 0.25) is 5.02 Å². The van der Waals surface area contributed by atoms with E-state index in [2.05, 4.69) is 10.3 Å². The first-order valence-electron chi connectivity index (χ1n) is 7.51. The van der Waals surface area contributed by atoms with Crippen molar-refractivity contribution in [2.75, 3.05) is 0 Å². The van der Waals surface area contributed by atoms with Gasteiger partial charge in [-0.1, -0.05) is 17.7 Å². The van der Waals surface area contributed by atoms with Crippen LogP contribution in [0, 0.1) is 0 Å². The van der Waals surface area contributed by atoms with Crippen LogP contribution >= 0.6 is 11.6 Å². The van der Waals surface area contributed by atoms with Gasteiger partial charge in [0.15, 0.2) is 0 Å². The molecule has 0 saturated heterocycles. The standard InChI is InChI=1S/C18H13ClN2O5/c19-12-4-10-7-14(18(25)26)17(24)21-15(10)11(5-12)8-20-16(23)9-2-1-3-13(22)6-9/h1-7,22H,8H2,(H,20,23)(H,21,24)(H,25,26). The number of aromatic amines is 1. The van der Waals surface area contributed by atoms with E-state index in [9.17, 15) is 19.5 Å². The molecular formula is C18H13ClN2O5. The molecule has 1 aromatic heterocycles. The smallest absolute Gasteiger partial charge is 0.341 e. The van der Waals surface area contributed by atoms with Gasteiger partial charge in [-0.05, 0) is 42.0 Å². The number of carbonyl (C=O) groups is 2. The number of pyridine rings is 1. The van der Waals surface area contributed by atoms with Gasteiger partial charge in [-0.25, -0.2) is 4.79 Å². The maximum atomic E-state index is 12.2. The summed E-state index contributed by atoms with van der Waals surface area (Å²) >= 11 is 6.06. The quantitative estimate of drug-likeness (QED) is 0.561. The number of hydrogen-bond donors (Lipinski definition) is 4. The number of carboxylic acids is 1. The highest BCUT2D eigenvalue weighted by Gasteiger charge is 2.14. The minimum Gasteiger partial charge on any atom is -0.508 e. The maximum Gasteiger partial charge on any atom is 0.341 e. The van der Waals surface area contributed by atoms with E-state index in [1.807, 2.05) is 0 Å². The first-order valence-corrected chi connectivity index (χ1v) is 7.89.